The number of halogens is 1. The minimum absolute atomic E-state index is 0.0497. The lowest BCUT2D eigenvalue weighted by atomic mass is 10.00. The maximum absolute atomic E-state index is 11.8. The Bertz CT molecular complexity index is 531. The molecule has 0 bridgehead atoms. The number of aliphatic carboxylic acids is 2. The molecule has 7 nitrogen and oxygen atoms in total. The second kappa shape index (κ2) is 6.99. The molecule has 0 aliphatic heterocycles. The van der Waals surface area contributed by atoms with E-state index in [9.17, 15) is 14.4 Å². The molecule has 1 heterocycles. The Morgan fingerprint density at radius 2 is 1.95 bits per heavy atom. The van der Waals surface area contributed by atoms with Gasteiger partial charge in [0.15, 0.2) is 5.92 Å². The summed E-state index contributed by atoms with van der Waals surface area (Å²) in [6.45, 7) is 1.77. The molecule has 0 saturated carbocycles. The number of hydrogen-bond acceptors (Lipinski definition) is 5. The summed E-state index contributed by atoms with van der Waals surface area (Å²) in [5.74, 6) is -5.32. The highest BCUT2D eigenvalue weighted by Gasteiger charge is 2.29. The molecule has 8 heteroatoms. The molecular formula is C12H12BrNO6. The highest BCUT2D eigenvalue weighted by molar-refractivity contribution is 9.10. The quantitative estimate of drug-likeness (QED) is 0.590. The average molecular weight is 346 g/mol. The Kier molecular flexibility index (Phi) is 5.63. The zero-order valence-corrected chi connectivity index (χ0v) is 12.1. The van der Waals surface area contributed by atoms with E-state index in [1.807, 2.05) is 0 Å². The molecule has 0 aliphatic rings. The highest BCUT2D eigenvalue weighted by atomic mass is 79.9. The van der Waals surface area contributed by atoms with Gasteiger partial charge in [0, 0.05) is 17.1 Å². The molecule has 0 aromatic carbocycles. The molecule has 1 aromatic rings. The molecule has 0 unspecified atom stereocenters. The van der Waals surface area contributed by atoms with Gasteiger partial charge in [-0.1, -0.05) is 0 Å². The molecule has 0 fully saturated rings. The maximum Gasteiger partial charge on any atom is 0.340 e. The van der Waals surface area contributed by atoms with E-state index in [2.05, 4.69) is 20.9 Å². The number of carbonyl (C=O) groups excluding carboxylic acids is 1. The predicted octanol–water partition coefficient (Wildman–Crippen LogP) is 1.35. The van der Waals surface area contributed by atoms with Gasteiger partial charge in [-0.25, -0.2) is 4.79 Å². The first-order valence-corrected chi connectivity index (χ1v) is 6.43. The van der Waals surface area contributed by atoms with Crippen molar-refractivity contribution in [2.75, 3.05) is 6.61 Å². The second-order valence-corrected chi connectivity index (χ2v) is 4.72. The van der Waals surface area contributed by atoms with Gasteiger partial charge in [-0.05, 0) is 28.9 Å². The second-order valence-electron chi connectivity index (χ2n) is 3.80. The van der Waals surface area contributed by atoms with Crippen LogP contribution in [0.15, 0.2) is 16.7 Å². The number of carboxylic acids is 2. The monoisotopic (exact) mass is 345 g/mol. The van der Waals surface area contributed by atoms with Gasteiger partial charge in [-0.2, -0.15) is 0 Å². The zero-order chi connectivity index (χ0) is 15.3. The van der Waals surface area contributed by atoms with Crippen molar-refractivity contribution >= 4 is 33.8 Å². The van der Waals surface area contributed by atoms with Gasteiger partial charge < -0.3 is 14.9 Å². The lowest BCUT2D eigenvalue weighted by Crippen LogP contribution is -2.27. The zero-order valence-electron chi connectivity index (χ0n) is 10.5. The maximum atomic E-state index is 11.8. The van der Waals surface area contributed by atoms with Gasteiger partial charge in [0.2, 0.25) is 0 Å². The fourth-order valence-electron chi connectivity index (χ4n) is 1.49. The van der Waals surface area contributed by atoms with Crippen molar-refractivity contribution in [3.63, 3.8) is 0 Å². The van der Waals surface area contributed by atoms with Crippen LogP contribution in [0.2, 0.25) is 0 Å². The Morgan fingerprint density at radius 3 is 2.45 bits per heavy atom. The van der Waals surface area contributed by atoms with Crippen LogP contribution in [0.4, 0.5) is 0 Å². The fourth-order valence-corrected chi connectivity index (χ4v) is 1.82. The molecule has 0 saturated heterocycles. The number of carbonyl (C=O) groups is 3. The van der Waals surface area contributed by atoms with Gasteiger partial charge in [0.05, 0.1) is 17.9 Å². The Morgan fingerprint density at radius 1 is 1.35 bits per heavy atom. The summed E-state index contributed by atoms with van der Waals surface area (Å²) in [6, 6.07) is 1.42. The van der Waals surface area contributed by atoms with E-state index >= 15 is 0 Å². The van der Waals surface area contributed by atoms with Crippen LogP contribution in [-0.2, 0) is 20.7 Å². The molecular weight excluding hydrogens is 334 g/mol. The molecule has 108 valence electrons. The molecule has 20 heavy (non-hydrogen) atoms. The van der Waals surface area contributed by atoms with Crippen molar-refractivity contribution in [3.8, 4) is 0 Å². The lowest BCUT2D eigenvalue weighted by Gasteiger charge is -2.11. The van der Waals surface area contributed by atoms with Gasteiger partial charge >= 0.3 is 17.9 Å². The van der Waals surface area contributed by atoms with Gasteiger partial charge in [0.25, 0.3) is 0 Å². The third-order valence-corrected chi connectivity index (χ3v) is 2.86. The first kappa shape index (κ1) is 16.1. The number of nitrogens with zero attached hydrogens (tertiary/aromatic N) is 1. The summed E-state index contributed by atoms with van der Waals surface area (Å²) in [5.41, 5.74) is 0.121. The number of aromatic nitrogens is 1. The molecule has 1 aromatic heterocycles. The van der Waals surface area contributed by atoms with Crippen LogP contribution in [0.5, 0.6) is 0 Å². The number of esters is 1. The van der Waals surface area contributed by atoms with Crippen molar-refractivity contribution in [1.82, 2.24) is 4.98 Å². The van der Waals surface area contributed by atoms with E-state index < -0.39 is 30.2 Å². The topological polar surface area (TPSA) is 114 Å². The number of hydrogen-bond donors (Lipinski definition) is 2. The van der Waals surface area contributed by atoms with E-state index in [0.717, 1.165) is 0 Å². The first-order valence-electron chi connectivity index (χ1n) is 5.64. The third kappa shape index (κ3) is 4.02. The fraction of sp³-hybridized carbons (Fsp3) is 0.333. The van der Waals surface area contributed by atoms with Crippen LogP contribution >= 0.6 is 15.9 Å². The molecule has 2 N–H and O–H groups in total. The Balaban J connectivity index is 3.14. The molecule has 0 spiro atoms. The normalized spacial score (nSPS) is 10.3. The predicted molar refractivity (Wildman–Crippen MR) is 70.4 cm³/mol. The van der Waals surface area contributed by atoms with Crippen molar-refractivity contribution in [3.05, 3.63) is 28.0 Å². The van der Waals surface area contributed by atoms with Crippen molar-refractivity contribution in [2.24, 2.45) is 5.92 Å². The van der Waals surface area contributed by atoms with Crippen molar-refractivity contribution in [1.29, 1.82) is 0 Å². The van der Waals surface area contributed by atoms with Crippen LogP contribution in [0, 0.1) is 5.92 Å². The van der Waals surface area contributed by atoms with Crippen molar-refractivity contribution < 1.29 is 29.3 Å². The minimum Gasteiger partial charge on any atom is -0.481 e. The SMILES string of the molecule is CCOC(=O)c1cc(Br)cnc1CC(C(=O)O)C(=O)O. The standard InChI is InChI=1S/C12H12BrNO6/c1-2-20-12(19)7-3-6(13)5-14-9(7)4-8(10(15)16)11(17)18/h3,5,8H,2,4H2,1H3,(H,15,16)(H,17,18). The molecule has 0 radical (unpaired) electrons. The molecule has 0 amide bonds. The number of pyridine rings is 1. The van der Waals surface area contributed by atoms with Gasteiger partial charge in [-0.15, -0.1) is 0 Å². The lowest BCUT2D eigenvalue weighted by molar-refractivity contribution is -0.154. The average Bonchev–Trinajstić information content (AvgIpc) is 2.36. The summed E-state index contributed by atoms with van der Waals surface area (Å²) in [4.78, 5) is 37.4. The highest BCUT2D eigenvalue weighted by Crippen LogP contribution is 2.18. The van der Waals surface area contributed by atoms with E-state index in [1.54, 1.807) is 6.92 Å². The number of ether oxygens (including phenoxy) is 1. The summed E-state index contributed by atoms with van der Waals surface area (Å²) in [5, 5.41) is 17.7. The Hall–Kier alpha value is -1.96. The summed E-state index contributed by atoms with van der Waals surface area (Å²) in [6.07, 6.45) is 0.963. The number of carboxylic acid groups (broad SMARTS) is 2. The smallest absolute Gasteiger partial charge is 0.340 e. The molecule has 0 aliphatic carbocycles. The van der Waals surface area contributed by atoms with E-state index in [1.165, 1.54) is 12.3 Å². The van der Waals surface area contributed by atoms with Crippen LogP contribution < -0.4 is 0 Å². The summed E-state index contributed by atoms with van der Waals surface area (Å²) >= 11 is 3.14. The van der Waals surface area contributed by atoms with E-state index in [4.69, 9.17) is 14.9 Å². The first-order chi connectivity index (χ1) is 9.36. The van der Waals surface area contributed by atoms with E-state index in [0.29, 0.717) is 4.47 Å². The van der Waals surface area contributed by atoms with Crippen LogP contribution in [0.1, 0.15) is 23.0 Å². The Labute approximate surface area is 122 Å². The molecule has 1 rings (SSSR count). The largest absolute Gasteiger partial charge is 0.481 e. The number of rotatable bonds is 6. The third-order valence-electron chi connectivity index (χ3n) is 2.43. The van der Waals surface area contributed by atoms with Crippen LogP contribution in [0.25, 0.3) is 0 Å². The van der Waals surface area contributed by atoms with Crippen LogP contribution in [0.3, 0.4) is 0 Å². The van der Waals surface area contributed by atoms with E-state index in [-0.39, 0.29) is 17.9 Å². The summed E-state index contributed by atoms with van der Waals surface area (Å²) in [7, 11) is 0. The minimum atomic E-state index is -1.67. The van der Waals surface area contributed by atoms with Crippen molar-refractivity contribution in [2.45, 2.75) is 13.3 Å². The summed E-state index contributed by atoms with van der Waals surface area (Å²) < 4.78 is 5.34. The van der Waals surface area contributed by atoms with Crippen LogP contribution in [-0.4, -0.2) is 39.7 Å². The van der Waals surface area contributed by atoms with Gasteiger partial charge in [0.1, 0.15) is 0 Å². The molecule has 0 atom stereocenters. The van der Waals surface area contributed by atoms with Gasteiger partial charge in [-0.3, -0.25) is 14.6 Å².